The van der Waals surface area contributed by atoms with Crippen molar-refractivity contribution < 1.29 is 4.52 Å². The first-order valence-electron chi connectivity index (χ1n) is 4.11. The summed E-state index contributed by atoms with van der Waals surface area (Å²) in [6, 6.07) is 1.98. The van der Waals surface area contributed by atoms with Gasteiger partial charge in [-0.05, 0) is 13.3 Å². The van der Waals surface area contributed by atoms with Crippen LogP contribution in [0.3, 0.4) is 0 Å². The highest BCUT2D eigenvalue weighted by Gasteiger charge is 2.23. The summed E-state index contributed by atoms with van der Waals surface area (Å²) in [5.74, 6) is 0.930. The number of aromatic nitrogens is 1. The Morgan fingerprint density at radius 1 is 1.67 bits per heavy atom. The molecule has 0 aliphatic carbocycles. The monoisotopic (exact) mass is 165 g/mol. The van der Waals surface area contributed by atoms with Gasteiger partial charge in [0, 0.05) is 11.5 Å². The molecule has 0 saturated carbocycles. The van der Waals surface area contributed by atoms with Crippen LogP contribution in [0.2, 0.25) is 0 Å². The molecule has 1 aromatic rings. The van der Waals surface area contributed by atoms with Crippen LogP contribution in [-0.2, 0) is 5.41 Å². The molecule has 0 atom stereocenters. The Balaban J connectivity index is 2.88. The highest BCUT2D eigenvalue weighted by atomic mass is 16.5. The van der Waals surface area contributed by atoms with Gasteiger partial charge in [0.1, 0.15) is 5.76 Å². The van der Waals surface area contributed by atoms with Crippen molar-refractivity contribution >= 4 is 0 Å². The Kier molecular flexibility index (Phi) is 2.36. The molecule has 0 N–H and O–H groups in total. The highest BCUT2D eigenvalue weighted by molar-refractivity contribution is 5.14. The molecular weight excluding hydrogens is 150 g/mol. The minimum Gasteiger partial charge on any atom is -0.361 e. The Hall–Kier alpha value is -1.05. The fourth-order valence-corrected chi connectivity index (χ4v) is 1.14. The van der Waals surface area contributed by atoms with Gasteiger partial charge in [-0.3, -0.25) is 0 Å². The van der Waals surface area contributed by atoms with Crippen molar-refractivity contribution in [1.29, 1.82) is 0 Å². The van der Waals surface area contributed by atoms with E-state index in [2.05, 4.69) is 25.6 Å². The number of hydrogen-bond donors (Lipinski definition) is 0. The third-order valence-corrected chi connectivity index (χ3v) is 1.95. The van der Waals surface area contributed by atoms with Crippen molar-refractivity contribution in [3.05, 3.63) is 30.2 Å². The van der Waals surface area contributed by atoms with Crippen LogP contribution >= 0.6 is 0 Å². The van der Waals surface area contributed by atoms with Crippen LogP contribution < -0.4 is 0 Å². The maximum absolute atomic E-state index is 5.18. The van der Waals surface area contributed by atoms with Gasteiger partial charge in [-0.15, -0.1) is 6.58 Å². The van der Waals surface area contributed by atoms with Gasteiger partial charge in [0.2, 0.25) is 0 Å². The first-order chi connectivity index (χ1) is 5.56. The molecule has 0 bridgehead atoms. The lowest BCUT2D eigenvalue weighted by molar-refractivity contribution is 0.315. The van der Waals surface area contributed by atoms with E-state index in [0.29, 0.717) is 0 Å². The topological polar surface area (TPSA) is 26.0 Å². The van der Waals surface area contributed by atoms with Gasteiger partial charge in [-0.25, -0.2) is 0 Å². The lowest BCUT2D eigenvalue weighted by Gasteiger charge is -2.18. The van der Waals surface area contributed by atoms with E-state index in [1.165, 1.54) is 0 Å². The summed E-state index contributed by atoms with van der Waals surface area (Å²) in [7, 11) is 0. The van der Waals surface area contributed by atoms with Crippen LogP contribution in [0.15, 0.2) is 23.2 Å². The highest BCUT2D eigenvalue weighted by Crippen LogP contribution is 2.27. The van der Waals surface area contributed by atoms with E-state index in [-0.39, 0.29) is 5.41 Å². The summed E-state index contributed by atoms with van der Waals surface area (Å²) in [6.45, 7) is 9.88. The van der Waals surface area contributed by atoms with Gasteiger partial charge in [-0.2, -0.15) is 0 Å². The molecule has 2 heteroatoms. The Morgan fingerprint density at radius 3 is 2.75 bits per heavy atom. The van der Waals surface area contributed by atoms with Crippen LogP contribution in [0.1, 0.15) is 31.7 Å². The zero-order valence-corrected chi connectivity index (χ0v) is 7.92. The second-order valence-electron chi connectivity index (χ2n) is 3.71. The maximum atomic E-state index is 5.18. The van der Waals surface area contributed by atoms with Crippen molar-refractivity contribution in [2.45, 2.75) is 32.6 Å². The molecule has 0 aliphatic heterocycles. The average Bonchev–Trinajstić information content (AvgIpc) is 2.36. The van der Waals surface area contributed by atoms with Crippen LogP contribution in [0, 0.1) is 6.92 Å². The summed E-state index contributed by atoms with van der Waals surface area (Å²) in [4.78, 5) is 0. The minimum absolute atomic E-state index is 0.0169. The molecule has 0 saturated heterocycles. The molecule has 1 aromatic heterocycles. The molecule has 0 amide bonds. The fourth-order valence-electron chi connectivity index (χ4n) is 1.14. The molecule has 1 rings (SSSR count). The molecule has 1 heterocycles. The number of aryl methyl sites for hydroxylation is 1. The van der Waals surface area contributed by atoms with E-state index in [0.717, 1.165) is 17.9 Å². The SMILES string of the molecule is C=CCC(C)(C)c1cc(C)no1. The zero-order valence-electron chi connectivity index (χ0n) is 7.92. The summed E-state index contributed by atoms with van der Waals surface area (Å²) in [5, 5.41) is 3.86. The van der Waals surface area contributed by atoms with E-state index >= 15 is 0 Å². The van der Waals surface area contributed by atoms with Crippen molar-refractivity contribution in [2.24, 2.45) is 0 Å². The zero-order chi connectivity index (χ0) is 9.19. The van der Waals surface area contributed by atoms with E-state index in [4.69, 9.17) is 4.52 Å². The normalized spacial score (nSPS) is 11.6. The molecule has 2 nitrogen and oxygen atoms in total. The second kappa shape index (κ2) is 3.13. The molecule has 0 spiro atoms. The van der Waals surface area contributed by atoms with Gasteiger partial charge in [0.15, 0.2) is 0 Å². The fraction of sp³-hybridized carbons (Fsp3) is 0.500. The first-order valence-corrected chi connectivity index (χ1v) is 4.11. The molecule has 66 valence electrons. The van der Waals surface area contributed by atoms with Gasteiger partial charge < -0.3 is 4.52 Å². The predicted molar refractivity (Wildman–Crippen MR) is 49.1 cm³/mol. The van der Waals surface area contributed by atoms with Crippen LogP contribution in [-0.4, -0.2) is 5.16 Å². The molecule has 0 fully saturated rings. The average molecular weight is 165 g/mol. The third kappa shape index (κ3) is 1.76. The van der Waals surface area contributed by atoms with Gasteiger partial charge in [-0.1, -0.05) is 25.1 Å². The molecule has 0 radical (unpaired) electrons. The van der Waals surface area contributed by atoms with Crippen molar-refractivity contribution in [3.63, 3.8) is 0 Å². The molecule has 0 aromatic carbocycles. The lowest BCUT2D eigenvalue weighted by atomic mass is 9.86. The quantitative estimate of drug-likeness (QED) is 0.644. The third-order valence-electron chi connectivity index (χ3n) is 1.95. The summed E-state index contributed by atoms with van der Waals surface area (Å²) >= 11 is 0. The summed E-state index contributed by atoms with van der Waals surface area (Å²) in [5.41, 5.74) is 0.949. The van der Waals surface area contributed by atoms with Crippen molar-refractivity contribution in [3.8, 4) is 0 Å². The largest absolute Gasteiger partial charge is 0.361 e. The number of hydrogen-bond acceptors (Lipinski definition) is 2. The Morgan fingerprint density at radius 2 is 2.33 bits per heavy atom. The Bertz CT molecular complexity index is 273. The summed E-state index contributed by atoms with van der Waals surface area (Å²) < 4.78 is 5.18. The van der Waals surface area contributed by atoms with E-state index in [1.54, 1.807) is 0 Å². The summed E-state index contributed by atoms with van der Waals surface area (Å²) in [6.07, 6.45) is 2.81. The molecule has 0 unspecified atom stereocenters. The van der Waals surface area contributed by atoms with E-state index in [9.17, 15) is 0 Å². The van der Waals surface area contributed by atoms with Gasteiger partial charge in [0.25, 0.3) is 0 Å². The number of rotatable bonds is 3. The van der Waals surface area contributed by atoms with Crippen LogP contribution in [0.4, 0.5) is 0 Å². The van der Waals surface area contributed by atoms with Crippen molar-refractivity contribution in [1.82, 2.24) is 5.16 Å². The number of allylic oxidation sites excluding steroid dienone is 1. The van der Waals surface area contributed by atoms with Crippen molar-refractivity contribution in [2.75, 3.05) is 0 Å². The van der Waals surface area contributed by atoms with Crippen LogP contribution in [0.25, 0.3) is 0 Å². The predicted octanol–water partition coefficient (Wildman–Crippen LogP) is 2.84. The van der Waals surface area contributed by atoms with E-state index < -0.39 is 0 Å². The molecular formula is C10H15NO. The van der Waals surface area contributed by atoms with Crippen LogP contribution in [0.5, 0.6) is 0 Å². The second-order valence-corrected chi connectivity index (χ2v) is 3.71. The molecule has 0 aliphatic rings. The van der Waals surface area contributed by atoms with E-state index in [1.807, 2.05) is 19.1 Å². The number of nitrogens with zero attached hydrogens (tertiary/aromatic N) is 1. The smallest absolute Gasteiger partial charge is 0.142 e. The standard InChI is InChI=1S/C10H15NO/c1-5-6-10(3,4)9-7-8(2)11-12-9/h5,7H,1,6H2,2-4H3. The minimum atomic E-state index is 0.0169. The van der Waals surface area contributed by atoms with Gasteiger partial charge in [0.05, 0.1) is 5.69 Å². The lowest BCUT2D eigenvalue weighted by Crippen LogP contribution is -2.14. The molecule has 12 heavy (non-hydrogen) atoms. The first kappa shape index (κ1) is 9.04. The Labute approximate surface area is 73.3 Å². The van der Waals surface area contributed by atoms with Gasteiger partial charge >= 0.3 is 0 Å². The maximum Gasteiger partial charge on any atom is 0.142 e.